The first-order valence-electron chi connectivity index (χ1n) is 12.5. The van der Waals surface area contributed by atoms with Crippen LogP contribution in [0.15, 0.2) is 41.3 Å². The zero-order valence-corrected chi connectivity index (χ0v) is 22.4. The average molecular weight is 516 g/mol. The van der Waals surface area contributed by atoms with E-state index in [1.54, 1.807) is 36.1 Å². The predicted octanol–water partition coefficient (Wildman–Crippen LogP) is 3.43. The monoisotopic (exact) mass is 515 g/mol. The van der Waals surface area contributed by atoms with Crippen molar-refractivity contribution in [2.45, 2.75) is 45.4 Å². The highest BCUT2D eigenvalue weighted by atomic mass is 32.2. The summed E-state index contributed by atoms with van der Waals surface area (Å²) in [4.78, 5) is 28.8. The van der Waals surface area contributed by atoms with Crippen molar-refractivity contribution in [3.05, 3.63) is 47.5 Å². The Kier molecular flexibility index (Phi) is 9.33. The van der Waals surface area contributed by atoms with E-state index in [-0.39, 0.29) is 22.4 Å². The van der Waals surface area contributed by atoms with Crippen LogP contribution in [0, 0.1) is 6.92 Å². The lowest BCUT2D eigenvalue weighted by Gasteiger charge is -2.31. The molecule has 0 aromatic heterocycles. The Morgan fingerprint density at radius 1 is 1.06 bits per heavy atom. The molecule has 2 aromatic carbocycles. The minimum atomic E-state index is -4.09. The predicted molar refractivity (Wildman–Crippen MR) is 144 cm³/mol. The second-order valence-corrected chi connectivity index (χ2v) is 10.6. The van der Waals surface area contributed by atoms with Gasteiger partial charge in [0.05, 0.1) is 17.1 Å². The topological polar surface area (TPSA) is 111 Å². The lowest BCUT2D eigenvalue weighted by atomic mass is 10.1. The summed E-state index contributed by atoms with van der Waals surface area (Å²) in [5, 5.41) is 5.90. The molecule has 0 aliphatic carbocycles. The van der Waals surface area contributed by atoms with E-state index in [1.807, 2.05) is 13.0 Å². The number of hydrogen-bond acceptors (Lipinski definition) is 6. The van der Waals surface area contributed by atoms with Gasteiger partial charge in [-0.3, -0.25) is 14.3 Å². The summed E-state index contributed by atoms with van der Waals surface area (Å²) in [5.74, 6) is -0.496. The SMILES string of the molecule is CCCCN(CC)C(=O)c1ccc(N2CCNCC2)c(NS(=O)(=O)c2cc(C)ccc2NC(C)=O)c1. The second kappa shape index (κ2) is 12.2. The lowest BCUT2D eigenvalue weighted by molar-refractivity contribution is -0.114. The van der Waals surface area contributed by atoms with Gasteiger partial charge in [0.2, 0.25) is 5.91 Å². The minimum absolute atomic E-state index is 0.0289. The molecule has 1 fully saturated rings. The molecule has 0 atom stereocenters. The van der Waals surface area contributed by atoms with Crippen molar-refractivity contribution in [1.29, 1.82) is 0 Å². The van der Waals surface area contributed by atoms with Gasteiger partial charge in [-0.15, -0.1) is 0 Å². The number of amides is 2. The van der Waals surface area contributed by atoms with E-state index < -0.39 is 10.0 Å². The number of hydrogen-bond donors (Lipinski definition) is 3. The zero-order chi connectivity index (χ0) is 26.3. The third kappa shape index (κ3) is 6.76. The molecule has 1 heterocycles. The number of nitrogens with zero attached hydrogens (tertiary/aromatic N) is 2. The van der Waals surface area contributed by atoms with Gasteiger partial charge < -0.3 is 20.4 Å². The molecular formula is C26H37N5O4S. The molecule has 3 rings (SSSR count). The van der Waals surface area contributed by atoms with Crippen LogP contribution in [0.3, 0.4) is 0 Å². The molecular weight excluding hydrogens is 478 g/mol. The normalized spacial score (nSPS) is 13.8. The Bertz CT molecular complexity index is 1190. The van der Waals surface area contributed by atoms with Crippen molar-refractivity contribution in [2.24, 2.45) is 0 Å². The number of carbonyl (C=O) groups excluding carboxylic acids is 2. The van der Waals surface area contributed by atoms with Crippen LogP contribution in [-0.4, -0.2) is 64.4 Å². The van der Waals surface area contributed by atoms with E-state index in [4.69, 9.17) is 0 Å². The Balaban J connectivity index is 2.04. The largest absolute Gasteiger partial charge is 0.367 e. The summed E-state index contributed by atoms with van der Waals surface area (Å²) in [6, 6.07) is 10.0. The molecule has 0 bridgehead atoms. The van der Waals surface area contributed by atoms with E-state index in [1.165, 1.54) is 13.0 Å². The summed E-state index contributed by atoms with van der Waals surface area (Å²) in [6.07, 6.45) is 1.88. The molecule has 2 aromatic rings. The lowest BCUT2D eigenvalue weighted by Crippen LogP contribution is -2.43. The fourth-order valence-corrected chi connectivity index (χ4v) is 5.52. The third-order valence-electron chi connectivity index (χ3n) is 6.13. The van der Waals surface area contributed by atoms with Gasteiger partial charge in [0.15, 0.2) is 0 Å². The molecule has 9 nitrogen and oxygen atoms in total. The third-order valence-corrected chi connectivity index (χ3v) is 7.54. The summed E-state index contributed by atoms with van der Waals surface area (Å²) in [5.41, 5.74) is 2.42. The molecule has 1 aliphatic rings. The molecule has 0 unspecified atom stereocenters. The van der Waals surface area contributed by atoms with E-state index in [9.17, 15) is 18.0 Å². The van der Waals surface area contributed by atoms with E-state index in [2.05, 4.69) is 27.2 Å². The van der Waals surface area contributed by atoms with Crippen LogP contribution >= 0.6 is 0 Å². The van der Waals surface area contributed by atoms with E-state index >= 15 is 0 Å². The first-order valence-corrected chi connectivity index (χ1v) is 13.9. The van der Waals surface area contributed by atoms with Gasteiger partial charge in [0.1, 0.15) is 4.90 Å². The number of nitrogens with one attached hydrogen (secondary N) is 3. The Morgan fingerprint density at radius 3 is 2.42 bits per heavy atom. The zero-order valence-electron chi connectivity index (χ0n) is 21.6. The van der Waals surface area contributed by atoms with Crippen LogP contribution in [0.2, 0.25) is 0 Å². The first-order chi connectivity index (χ1) is 17.2. The van der Waals surface area contributed by atoms with Gasteiger partial charge in [0, 0.05) is 51.8 Å². The van der Waals surface area contributed by atoms with Gasteiger partial charge in [-0.25, -0.2) is 8.42 Å². The van der Waals surface area contributed by atoms with Crippen molar-refractivity contribution in [1.82, 2.24) is 10.2 Å². The molecule has 2 amide bonds. The number of piperazine rings is 1. The fourth-order valence-electron chi connectivity index (χ4n) is 4.21. The van der Waals surface area contributed by atoms with E-state index in [0.29, 0.717) is 43.1 Å². The summed E-state index contributed by atoms with van der Waals surface area (Å²) < 4.78 is 30.0. The number of carbonyl (C=O) groups is 2. The van der Waals surface area contributed by atoms with Gasteiger partial charge >= 0.3 is 0 Å². The summed E-state index contributed by atoms with van der Waals surface area (Å²) in [6.45, 7) is 11.3. The Morgan fingerprint density at radius 2 is 1.78 bits per heavy atom. The number of benzene rings is 2. The molecule has 3 N–H and O–H groups in total. The molecule has 36 heavy (non-hydrogen) atoms. The molecule has 1 saturated heterocycles. The van der Waals surface area contributed by atoms with E-state index in [0.717, 1.165) is 31.5 Å². The quantitative estimate of drug-likeness (QED) is 0.447. The van der Waals surface area contributed by atoms with Crippen LogP contribution < -0.4 is 20.3 Å². The molecule has 10 heteroatoms. The van der Waals surface area contributed by atoms with Gasteiger partial charge in [-0.05, 0) is 56.2 Å². The standard InChI is InChI=1S/C26H37N5O4S/c1-5-7-14-30(6-2)26(33)21-9-11-24(31-15-12-27-13-16-31)23(18-21)29-36(34,35)25-17-19(3)8-10-22(25)28-20(4)32/h8-11,17-18,27,29H,5-7,12-16H2,1-4H3,(H,28,32). The number of anilines is 3. The highest BCUT2D eigenvalue weighted by molar-refractivity contribution is 7.93. The number of unbranched alkanes of at least 4 members (excludes halogenated alkanes) is 1. The fraction of sp³-hybridized carbons (Fsp3) is 0.462. The maximum atomic E-state index is 13.6. The maximum Gasteiger partial charge on any atom is 0.264 e. The van der Waals surface area contributed by atoms with Crippen LogP contribution in [0.4, 0.5) is 17.1 Å². The van der Waals surface area contributed by atoms with Crippen molar-refractivity contribution >= 4 is 38.9 Å². The second-order valence-electron chi connectivity index (χ2n) is 8.99. The maximum absolute atomic E-state index is 13.6. The molecule has 0 saturated carbocycles. The van der Waals surface area contributed by atoms with Gasteiger partial charge in [0.25, 0.3) is 15.9 Å². The Labute approximate surface area is 214 Å². The summed E-state index contributed by atoms with van der Waals surface area (Å²) >= 11 is 0. The summed E-state index contributed by atoms with van der Waals surface area (Å²) in [7, 11) is -4.09. The van der Waals surface area contributed by atoms with Crippen LogP contribution in [-0.2, 0) is 14.8 Å². The van der Waals surface area contributed by atoms with Crippen molar-refractivity contribution in [2.75, 3.05) is 54.2 Å². The highest BCUT2D eigenvalue weighted by Crippen LogP contribution is 2.32. The molecule has 0 spiro atoms. The average Bonchev–Trinajstić information content (AvgIpc) is 2.85. The first kappa shape index (κ1) is 27.5. The highest BCUT2D eigenvalue weighted by Gasteiger charge is 2.25. The van der Waals surface area contributed by atoms with Crippen molar-refractivity contribution in [3.63, 3.8) is 0 Å². The van der Waals surface area contributed by atoms with Gasteiger partial charge in [-0.1, -0.05) is 19.4 Å². The van der Waals surface area contributed by atoms with Crippen molar-refractivity contribution < 1.29 is 18.0 Å². The van der Waals surface area contributed by atoms with Gasteiger partial charge in [-0.2, -0.15) is 0 Å². The van der Waals surface area contributed by atoms with Crippen LogP contribution in [0.5, 0.6) is 0 Å². The molecule has 196 valence electrons. The Hall–Kier alpha value is -3.11. The number of sulfonamides is 1. The number of aryl methyl sites for hydroxylation is 1. The van der Waals surface area contributed by atoms with Crippen molar-refractivity contribution in [3.8, 4) is 0 Å². The van der Waals surface area contributed by atoms with Crippen LogP contribution in [0.25, 0.3) is 0 Å². The minimum Gasteiger partial charge on any atom is -0.367 e. The van der Waals surface area contributed by atoms with Crippen LogP contribution in [0.1, 0.15) is 49.5 Å². The molecule has 0 radical (unpaired) electrons. The molecule has 1 aliphatic heterocycles. The number of rotatable bonds is 10. The smallest absolute Gasteiger partial charge is 0.264 e.